The van der Waals surface area contributed by atoms with Crippen LogP contribution in [0.15, 0.2) is 6.20 Å². The smallest absolute Gasteiger partial charge is 0.471 e. The molecule has 1 aromatic rings. The fraction of sp³-hybridized carbons (Fsp3) is 0.688. The fourth-order valence-corrected chi connectivity index (χ4v) is 1.88. The summed E-state index contributed by atoms with van der Waals surface area (Å²) in [7, 11) is 6.15. The average molecular weight is 333 g/mol. The molecule has 0 N–H and O–H groups in total. The normalized spacial score (nSPS) is 14.6. The summed E-state index contributed by atoms with van der Waals surface area (Å²) in [5.74, 6) is 0.985. The summed E-state index contributed by atoms with van der Waals surface area (Å²) in [6.07, 6.45) is 1.93. The molecule has 0 bridgehead atoms. The van der Waals surface area contributed by atoms with Crippen molar-refractivity contribution in [1.29, 1.82) is 0 Å². The van der Waals surface area contributed by atoms with Gasteiger partial charge in [-0.3, -0.25) is 0 Å². The van der Waals surface area contributed by atoms with Crippen molar-refractivity contribution >= 4 is 0 Å². The Bertz CT molecular complexity index is 331. The number of piperazine rings is 1. The molecule has 1 aromatic heterocycles. The summed E-state index contributed by atoms with van der Waals surface area (Å²) >= 11 is 0. The van der Waals surface area contributed by atoms with E-state index in [0.29, 0.717) is 0 Å². The first-order valence-corrected chi connectivity index (χ1v) is 7.42. The van der Waals surface area contributed by atoms with Gasteiger partial charge in [0.1, 0.15) is 0 Å². The van der Waals surface area contributed by atoms with E-state index in [1.165, 1.54) is 5.69 Å². The van der Waals surface area contributed by atoms with Crippen molar-refractivity contribution in [2.45, 2.75) is 41.2 Å². The zero-order valence-corrected chi connectivity index (χ0v) is 16.5. The van der Waals surface area contributed by atoms with E-state index in [1.807, 2.05) is 45.4 Å². The van der Waals surface area contributed by atoms with E-state index < -0.39 is 0 Å². The molecule has 0 amide bonds. The van der Waals surface area contributed by atoms with Gasteiger partial charge in [0.25, 0.3) is 0 Å². The number of hydrogen-bond acceptors (Lipinski definition) is 3. The fourth-order valence-electron chi connectivity index (χ4n) is 1.88. The molecule has 0 atom stereocenters. The van der Waals surface area contributed by atoms with Gasteiger partial charge in [0.15, 0.2) is 0 Å². The average Bonchev–Trinajstić information content (AvgIpc) is 2.78. The summed E-state index contributed by atoms with van der Waals surface area (Å²) in [6.45, 7) is 15.6. The minimum Gasteiger partial charge on any atom is -0.471 e. The summed E-state index contributed by atoms with van der Waals surface area (Å²) in [6, 6.07) is 0. The van der Waals surface area contributed by atoms with Crippen LogP contribution in [0.1, 0.15) is 39.2 Å². The van der Waals surface area contributed by atoms with Crippen LogP contribution in [0.3, 0.4) is 0 Å². The molecular formula is C16H34N4V. The maximum Gasteiger partial charge on any atom is 2.00 e. The zero-order chi connectivity index (χ0) is 14.8. The Morgan fingerprint density at radius 1 is 1.10 bits per heavy atom. The number of rotatable bonds is 2. The second kappa shape index (κ2) is 14.5. The first kappa shape index (κ1) is 25.5. The number of aromatic nitrogens is 2. The Kier molecular flexibility index (Phi) is 17.7. The van der Waals surface area contributed by atoms with Gasteiger partial charge in [0, 0.05) is 26.2 Å². The molecule has 21 heavy (non-hydrogen) atoms. The van der Waals surface area contributed by atoms with Crippen LogP contribution in [0.4, 0.5) is 0 Å². The third-order valence-corrected chi connectivity index (χ3v) is 3.12. The molecule has 0 unspecified atom stereocenters. The van der Waals surface area contributed by atoms with Gasteiger partial charge in [-0.1, -0.05) is 40.3 Å². The summed E-state index contributed by atoms with van der Waals surface area (Å²) in [4.78, 5) is 9.08. The van der Waals surface area contributed by atoms with Crippen LogP contribution >= 0.6 is 0 Å². The van der Waals surface area contributed by atoms with E-state index in [0.717, 1.165) is 38.5 Å². The molecule has 1 aliphatic heterocycles. The van der Waals surface area contributed by atoms with Crippen LogP contribution in [0, 0.1) is 21.4 Å². The Morgan fingerprint density at radius 3 is 1.95 bits per heavy atom. The van der Waals surface area contributed by atoms with Crippen molar-refractivity contribution in [3.63, 3.8) is 0 Å². The standard InChI is InChI=1S/C11H19N4.2C2H6.CH3.V/c1-10-12-8-11(14(10)3)9-15-6-4-13(2)5-7-15;2*1-2;;/h8H,3-7,9H2,1-2H3;2*1-2H3;1H3;/q-1;;;-1;+2. The zero-order valence-electron chi connectivity index (χ0n) is 15.1. The Balaban J connectivity index is -0.000000499. The van der Waals surface area contributed by atoms with Crippen molar-refractivity contribution in [3.05, 3.63) is 32.2 Å². The largest absolute Gasteiger partial charge is 2.00 e. The molecule has 1 aliphatic rings. The molecule has 123 valence electrons. The molecule has 0 spiro atoms. The Labute approximate surface area is 144 Å². The molecule has 0 aliphatic carbocycles. The maximum absolute atomic E-state index is 4.26. The monoisotopic (exact) mass is 333 g/mol. The van der Waals surface area contributed by atoms with Crippen molar-refractivity contribution in [1.82, 2.24) is 19.4 Å². The van der Waals surface area contributed by atoms with E-state index in [9.17, 15) is 0 Å². The van der Waals surface area contributed by atoms with Gasteiger partial charge < -0.3 is 26.8 Å². The molecule has 1 radical (unpaired) electrons. The molecule has 1 saturated heterocycles. The predicted molar refractivity (Wildman–Crippen MR) is 89.6 cm³/mol. The topological polar surface area (TPSA) is 24.3 Å². The molecule has 1 fully saturated rings. The van der Waals surface area contributed by atoms with Gasteiger partial charge in [-0.15, -0.1) is 7.05 Å². The van der Waals surface area contributed by atoms with Crippen LogP contribution in [-0.2, 0) is 25.1 Å². The van der Waals surface area contributed by atoms with Gasteiger partial charge in [0.05, 0.1) is 0 Å². The van der Waals surface area contributed by atoms with Crippen molar-refractivity contribution in [2.75, 3.05) is 33.2 Å². The summed E-state index contributed by atoms with van der Waals surface area (Å²) in [5, 5.41) is 0. The quantitative estimate of drug-likeness (QED) is 0.778. The second-order valence-electron chi connectivity index (χ2n) is 4.30. The third kappa shape index (κ3) is 8.57. The third-order valence-electron chi connectivity index (χ3n) is 3.12. The first-order chi connectivity index (χ1) is 9.16. The molecule has 4 nitrogen and oxygen atoms in total. The minimum absolute atomic E-state index is 0. The van der Waals surface area contributed by atoms with E-state index in [-0.39, 0.29) is 26.0 Å². The van der Waals surface area contributed by atoms with E-state index in [1.54, 1.807) is 0 Å². The van der Waals surface area contributed by atoms with Gasteiger partial charge in [0.2, 0.25) is 0 Å². The minimum atomic E-state index is 0. The van der Waals surface area contributed by atoms with Crippen LogP contribution in [0.5, 0.6) is 0 Å². The predicted octanol–water partition coefficient (Wildman–Crippen LogP) is 3.08. The number of hydrogen-bond donors (Lipinski definition) is 0. The molecule has 0 aromatic carbocycles. The van der Waals surface area contributed by atoms with Crippen LogP contribution in [0.2, 0.25) is 0 Å². The number of likely N-dealkylation sites (N-methyl/N-ethyl adjacent to an activating group) is 1. The van der Waals surface area contributed by atoms with Gasteiger partial charge in [-0.2, -0.15) is 0 Å². The Hall–Kier alpha value is -0.416. The molecular weight excluding hydrogens is 299 g/mol. The van der Waals surface area contributed by atoms with Gasteiger partial charge in [-0.05, 0) is 25.6 Å². The van der Waals surface area contributed by atoms with Crippen LogP contribution in [-0.4, -0.2) is 52.6 Å². The van der Waals surface area contributed by atoms with Crippen molar-refractivity contribution in [3.8, 4) is 0 Å². The SMILES string of the molecule is CC.CC.[CH2-]n1c(CN2CCN(C)CC2)cnc1C.[CH3-].[V+2]. The van der Waals surface area contributed by atoms with Crippen molar-refractivity contribution in [2.24, 2.45) is 0 Å². The second-order valence-corrected chi connectivity index (χ2v) is 4.30. The van der Waals surface area contributed by atoms with Crippen LogP contribution < -0.4 is 0 Å². The maximum atomic E-state index is 4.26. The molecule has 2 heterocycles. The van der Waals surface area contributed by atoms with E-state index >= 15 is 0 Å². The van der Waals surface area contributed by atoms with Gasteiger partial charge >= 0.3 is 18.6 Å². The number of nitrogens with zero attached hydrogens (tertiary/aromatic N) is 4. The summed E-state index contributed by atoms with van der Waals surface area (Å²) < 4.78 is 1.93. The Morgan fingerprint density at radius 2 is 1.57 bits per heavy atom. The molecule has 5 heteroatoms. The van der Waals surface area contributed by atoms with Crippen molar-refractivity contribution < 1.29 is 18.6 Å². The van der Waals surface area contributed by atoms with E-state index in [4.69, 9.17) is 0 Å². The van der Waals surface area contributed by atoms with Crippen LogP contribution in [0.25, 0.3) is 0 Å². The number of aryl methyl sites for hydroxylation is 1. The van der Waals surface area contributed by atoms with E-state index in [2.05, 4.69) is 28.9 Å². The van der Waals surface area contributed by atoms with Gasteiger partial charge in [-0.25, -0.2) is 0 Å². The summed E-state index contributed by atoms with van der Waals surface area (Å²) in [5.41, 5.74) is 1.21. The molecule has 2 rings (SSSR count). The molecule has 0 saturated carbocycles. The first-order valence-electron chi connectivity index (χ1n) is 7.42. The number of imidazole rings is 1.